The van der Waals surface area contributed by atoms with Crippen LogP contribution >= 0.6 is 0 Å². The number of aldehydes is 1. The van der Waals surface area contributed by atoms with Crippen molar-refractivity contribution in [2.45, 2.75) is 6.92 Å². The van der Waals surface area contributed by atoms with Crippen molar-refractivity contribution in [1.82, 2.24) is 4.98 Å². The molecule has 0 spiro atoms. The summed E-state index contributed by atoms with van der Waals surface area (Å²) in [4.78, 5) is 24.4. The van der Waals surface area contributed by atoms with Crippen LogP contribution in [-0.2, 0) is 4.79 Å². The second-order valence-electron chi connectivity index (χ2n) is 2.11. The zero-order chi connectivity index (χ0) is 8.97. The summed E-state index contributed by atoms with van der Waals surface area (Å²) in [5.41, 5.74) is 0.244. The first-order valence-corrected chi connectivity index (χ1v) is 3.33. The van der Waals surface area contributed by atoms with Crippen molar-refractivity contribution in [2.24, 2.45) is 0 Å². The van der Waals surface area contributed by atoms with E-state index in [2.05, 4.69) is 9.72 Å². The molecule has 0 amide bonds. The Morgan fingerprint density at radius 2 is 2.33 bits per heavy atom. The number of carbonyl (C=O) groups excluding carboxylic acids is 2. The quantitative estimate of drug-likeness (QED) is 0.481. The number of hydrogen-bond acceptors (Lipinski definition) is 4. The molecule has 0 radical (unpaired) electrons. The minimum atomic E-state index is -0.453. The summed E-state index contributed by atoms with van der Waals surface area (Å²) in [6.07, 6.45) is 0.590. The van der Waals surface area contributed by atoms with E-state index >= 15 is 0 Å². The van der Waals surface area contributed by atoms with Crippen LogP contribution in [0.3, 0.4) is 0 Å². The predicted octanol–water partition coefficient (Wildman–Crippen LogP) is 0.819. The molecule has 12 heavy (non-hydrogen) atoms. The van der Waals surface area contributed by atoms with Gasteiger partial charge in [-0.2, -0.15) is 0 Å². The lowest BCUT2D eigenvalue weighted by molar-refractivity contribution is -0.132. The Bertz CT molecular complexity index is 309. The third-order valence-corrected chi connectivity index (χ3v) is 1.11. The van der Waals surface area contributed by atoms with Crippen LogP contribution in [0.15, 0.2) is 18.2 Å². The summed E-state index contributed by atoms with van der Waals surface area (Å²) in [5, 5.41) is 0. The van der Waals surface area contributed by atoms with Gasteiger partial charge in [0.15, 0.2) is 6.29 Å². The lowest BCUT2D eigenvalue weighted by atomic mass is 10.4. The first-order valence-electron chi connectivity index (χ1n) is 3.33. The van der Waals surface area contributed by atoms with Crippen molar-refractivity contribution in [3.05, 3.63) is 23.9 Å². The van der Waals surface area contributed by atoms with Gasteiger partial charge >= 0.3 is 5.97 Å². The number of esters is 1. The monoisotopic (exact) mass is 165 g/mol. The minimum Gasteiger partial charge on any atom is -0.408 e. The van der Waals surface area contributed by atoms with Crippen molar-refractivity contribution in [3.8, 4) is 5.88 Å². The van der Waals surface area contributed by atoms with Gasteiger partial charge in [-0.3, -0.25) is 9.59 Å². The topological polar surface area (TPSA) is 56.3 Å². The number of nitrogens with zero attached hydrogens (tertiary/aromatic N) is 1. The van der Waals surface area contributed by atoms with Crippen molar-refractivity contribution in [1.29, 1.82) is 0 Å². The lowest BCUT2D eigenvalue weighted by Gasteiger charge is -1.98. The average Bonchev–Trinajstić information content (AvgIpc) is 2.03. The highest BCUT2D eigenvalue weighted by Gasteiger charge is 1.99. The molecule has 0 aliphatic rings. The second kappa shape index (κ2) is 3.61. The van der Waals surface area contributed by atoms with Crippen molar-refractivity contribution in [3.63, 3.8) is 0 Å². The highest BCUT2D eigenvalue weighted by atomic mass is 16.5. The molecule has 62 valence electrons. The largest absolute Gasteiger partial charge is 0.408 e. The van der Waals surface area contributed by atoms with Gasteiger partial charge in [0.05, 0.1) is 0 Å². The van der Waals surface area contributed by atoms with E-state index in [-0.39, 0.29) is 11.6 Å². The van der Waals surface area contributed by atoms with Crippen LogP contribution in [0.4, 0.5) is 0 Å². The van der Waals surface area contributed by atoms with E-state index in [1.54, 1.807) is 6.07 Å². The summed E-state index contributed by atoms with van der Waals surface area (Å²) in [5.74, 6) is -0.308. The fourth-order valence-corrected chi connectivity index (χ4v) is 0.701. The van der Waals surface area contributed by atoms with Crippen LogP contribution in [0.5, 0.6) is 5.88 Å². The molecule has 0 bridgehead atoms. The van der Waals surface area contributed by atoms with Crippen LogP contribution in [0, 0.1) is 0 Å². The molecule has 4 nitrogen and oxygen atoms in total. The standard InChI is InChI=1S/C8H7NO3/c1-6(11)12-8-4-2-3-7(5-10)9-8/h2-5H,1H3. The van der Waals surface area contributed by atoms with Gasteiger partial charge in [-0.05, 0) is 6.07 Å². The Morgan fingerprint density at radius 1 is 1.58 bits per heavy atom. The Labute approximate surface area is 69.2 Å². The molecule has 1 heterocycles. The van der Waals surface area contributed by atoms with Crippen LogP contribution in [0.1, 0.15) is 17.4 Å². The molecule has 0 saturated heterocycles. The zero-order valence-corrected chi connectivity index (χ0v) is 6.48. The summed E-state index contributed by atoms with van der Waals surface area (Å²) in [6.45, 7) is 1.27. The third kappa shape index (κ3) is 2.16. The first kappa shape index (κ1) is 8.39. The number of carbonyl (C=O) groups is 2. The second-order valence-corrected chi connectivity index (χ2v) is 2.11. The molecule has 0 aliphatic carbocycles. The van der Waals surface area contributed by atoms with E-state index in [4.69, 9.17) is 0 Å². The number of aromatic nitrogens is 1. The molecular weight excluding hydrogens is 158 g/mol. The molecule has 1 rings (SSSR count). The summed E-state index contributed by atoms with van der Waals surface area (Å²) < 4.78 is 4.65. The lowest BCUT2D eigenvalue weighted by Crippen LogP contribution is -2.03. The van der Waals surface area contributed by atoms with Gasteiger partial charge in [0.25, 0.3) is 0 Å². The van der Waals surface area contributed by atoms with Gasteiger partial charge in [-0.25, -0.2) is 4.98 Å². The molecule has 0 atom stereocenters. The molecule has 0 aromatic carbocycles. The van der Waals surface area contributed by atoms with E-state index < -0.39 is 5.97 Å². The Balaban J connectivity index is 2.86. The van der Waals surface area contributed by atoms with Gasteiger partial charge in [0.1, 0.15) is 5.69 Å². The van der Waals surface area contributed by atoms with E-state index in [0.29, 0.717) is 6.29 Å². The summed E-state index contributed by atoms with van der Waals surface area (Å²) >= 11 is 0. The highest BCUT2D eigenvalue weighted by Crippen LogP contribution is 2.05. The molecule has 0 N–H and O–H groups in total. The Kier molecular flexibility index (Phi) is 2.53. The molecule has 1 aromatic heterocycles. The number of ether oxygens (including phenoxy) is 1. The molecule has 4 heteroatoms. The molecular formula is C8H7NO3. The molecule has 0 saturated carbocycles. The van der Waals surface area contributed by atoms with Crippen LogP contribution in [0.25, 0.3) is 0 Å². The fraction of sp³-hybridized carbons (Fsp3) is 0.125. The van der Waals surface area contributed by atoms with Crippen LogP contribution in [0.2, 0.25) is 0 Å². The van der Waals surface area contributed by atoms with Crippen molar-refractivity contribution >= 4 is 12.3 Å². The highest BCUT2D eigenvalue weighted by molar-refractivity contribution is 5.72. The normalized spacial score (nSPS) is 9.08. The van der Waals surface area contributed by atoms with Crippen molar-refractivity contribution < 1.29 is 14.3 Å². The van der Waals surface area contributed by atoms with E-state index in [9.17, 15) is 9.59 Å². The fourth-order valence-electron chi connectivity index (χ4n) is 0.701. The molecule has 0 aliphatic heterocycles. The maximum atomic E-state index is 10.5. The van der Waals surface area contributed by atoms with Gasteiger partial charge in [0.2, 0.25) is 5.88 Å². The van der Waals surface area contributed by atoms with Crippen LogP contribution in [-0.4, -0.2) is 17.2 Å². The predicted molar refractivity (Wildman–Crippen MR) is 40.9 cm³/mol. The van der Waals surface area contributed by atoms with E-state index in [1.165, 1.54) is 19.1 Å². The van der Waals surface area contributed by atoms with Gasteiger partial charge in [-0.1, -0.05) is 6.07 Å². The molecule has 1 aromatic rings. The van der Waals surface area contributed by atoms with Crippen LogP contribution < -0.4 is 4.74 Å². The Morgan fingerprint density at radius 3 is 2.92 bits per heavy atom. The van der Waals surface area contributed by atoms with Gasteiger partial charge in [-0.15, -0.1) is 0 Å². The number of pyridine rings is 1. The minimum absolute atomic E-state index is 0.145. The molecule has 0 unspecified atom stereocenters. The van der Waals surface area contributed by atoms with Gasteiger partial charge in [0, 0.05) is 13.0 Å². The van der Waals surface area contributed by atoms with Crippen molar-refractivity contribution in [2.75, 3.05) is 0 Å². The van der Waals surface area contributed by atoms with E-state index in [0.717, 1.165) is 0 Å². The Hall–Kier alpha value is -1.71. The summed E-state index contributed by atoms with van der Waals surface area (Å²) in [7, 11) is 0. The average molecular weight is 165 g/mol. The van der Waals surface area contributed by atoms with E-state index in [1.807, 2.05) is 0 Å². The smallest absolute Gasteiger partial charge is 0.309 e. The maximum Gasteiger partial charge on any atom is 0.309 e. The third-order valence-electron chi connectivity index (χ3n) is 1.11. The summed E-state index contributed by atoms with van der Waals surface area (Å²) in [6, 6.07) is 4.63. The SMILES string of the molecule is CC(=O)Oc1cccc(C=O)n1. The van der Waals surface area contributed by atoms with Gasteiger partial charge < -0.3 is 4.74 Å². The number of hydrogen-bond donors (Lipinski definition) is 0. The molecule has 0 fully saturated rings. The zero-order valence-electron chi connectivity index (χ0n) is 6.48. The first-order chi connectivity index (χ1) is 5.72. The number of rotatable bonds is 2. The maximum absolute atomic E-state index is 10.5.